The normalized spacial score (nSPS) is 12.9. The van der Waals surface area contributed by atoms with Crippen LogP contribution < -0.4 is 5.49 Å². The van der Waals surface area contributed by atoms with Crippen LogP contribution >= 0.6 is 0 Å². The summed E-state index contributed by atoms with van der Waals surface area (Å²) in [7, 11) is 0. The second-order valence-electron chi connectivity index (χ2n) is 4.06. The minimum atomic E-state index is -0.483. The molecule has 0 aliphatic heterocycles. The molecule has 0 aromatic carbocycles. The van der Waals surface area contributed by atoms with E-state index in [0.717, 1.165) is 4.73 Å². The van der Waals surface area contributed by atoms with Crippen molar-refractivity contribution in [2.24, 2.45) is 10.4 Å². The molecule has 1 aromatic heterocycles. The summed E-state index contributed by atoms with van der Waals surface area (Å²) in [5.41, 5.74) is -0.230. The van der Waals surface area contributed by atoms with Crippen molar-refractivity contribution in [1.29, 1.82) is 0 Å². The van der Waals surface area contributed by atoms with Crippen LogP contribution in [0.2, 0.25) is 0 Å². The first-order valence-electron chi connectivity index (χ1n) is 4.93. The molecule has 4 nitrogen and oxygen atoms in total. The number of hydrogen-bond donors (Lipinski definition) is 1. The molecule has 0 spiro atoms. The van der Waals surface area contributed by atoms with E-state index in [2.05, 4.69) is 4.99 Å². The lowest BCUT2D eigenvalue weighted by atomic mass is 9.90. The summed E-state index contributed by atoms with van der Waals surface area (Å²) in [5, 5.41) is 9.37. The van der Waals surface area contributed by atoms with E-state index in [4.69, 9.17) is 0 Å². The summed E-state index contributed by atoms with van der Waals surface area (Å²) in [6.45, 7) is 5.61. The maximum atomic E-state index is 11.7. The zero-order valence-corrected chi connectivity index (χ0v) is 9.27. The monoisotopic (exact) mass is 208 g/mol. The topological polar surface area (TPSA) is 54.6 Å². The summed E-state index contributed by atoms with van der Waals surface area (Å²) in [6.07, 6.45) is 2.15. The Morgan fingerprint density at radius 3 is 2.73 bits per heavy atom. The summed E-state index contributed by atoms with van der Waals surface area (Å²) >= 11 is 0. The predicted octanol–water partition coefficient (Wildman–Crippen LogP) is 1.59. The molecule has 82 valence electrons. The zero-order valence-electron chi connectivity index (χ0n) is 9.27. The molecule has 1 amide bonds. The molecule has 1 heterocycles. The van der Waals surface area contributed by atoms with Crippen molar-refractivity contribution >= 4 is 5.91 Å². The zero-order chi connectivity index (χ0) is 11.5. The molecule has 0 saturated carbocycles. The first-order valence-corrected chi connectivity index (χ1v) is 4.93. The van der Waals surface area contributed by atoms with Crippen LogP contribution in [-0.2, 0) is 4.79 Å². The van der Waals surface area contributed by atoms with E-state index in [1.54, 1.807) is 18.2 Å². The van der Waals surface area contributed by atoms with Crippen molar-refractivity contribution in [2.75, 3.05) is 0 Å². The van der Waals surface area contributed by atoms with E-state index in [0.29, 0.717) is 6.42 Å². The lowest BCUT2D eigenvalue weighted by Crippen LogP contribution is -2.26. The lowest BCUT2D eigenvalue weighted by molar-refractivity contribution is -0.126. The van der Waals surface area contributed by atoms with E-state index in [9.17, 15) is 10.0 Å². The maximum Gasteiger partial charge on any atom is 0.253 e. The van der Waals surface area contributed by atoms with Crippen LogP contribution in [0.5, 0.6) is 0 Å². The van der Waals surface area contributed by atoms with Gasteiger partial charge in [-0.1, -0.05) is 26.8 Å². The van der Waals surface area contributed by atoms with Gasteiger partial charge in [0.15, 0.2) is 5.49 Å². The third kappa shape index (κ3) is 2.68. The number of aromatic nitrogens is 1. The Bertz CT molecular complexity index is 419. The minimum Gasteiger partial charge on any atom is -0.427 e. The molecule has 4 heteroatoms. The number of nitrogens with zero attached hydrogens (tertiary/aromatic N) is 2. The second kappa shape index (κ2) is 4.29. The molecular formula is C11H16N2O2. The van der Waals surface area contributed by atoms with Gasteiger partial charge in [-0.3, -0.25) is 4.79 Å². The second-order valence-corrected chi connectivity index (χ2v) is 4.06. The van der Waals surface area contributed by atoms with E-state index < -0.39 is 5.41 Å². The number of hydrogen-bond acceptors (Lipinski definition) is 2. The molecule has 0 saturated heterocycles. The van der Waals surface area contributed by atoms with Crippen molar-refractivity contribution < 1.29 is 10.0 Å². The Kier molecular flexibility index (Phi) is 3.29. The average molecular weight is 208 g/mol. The predicted molar refractivity (Wildman–Crippen MR) is 56.3 cm³/mol. The maximum absolute atomic E-state index is 11.7. The van der Waals surface area contributed by atoms with Crippen LogP contribution in [0.1, 0.15) is 27.2 Å². The Balaban J connectivity index is 3.09. The van der Waals surface area contributed by atoms with Crippen molar-refractivity contribution in [1.82, 2.24) is 4.73 Å². The average Bonchev–Trinajstić information content (AvgIpc) is 2.21. The van der Waals surface area contributed by atoms with E-state index in [1.807, 2.05) is 20.8 Å². The molecule has 0 bridgehead atoms. The highest BCUT2D eigenvalue weighted by atomic mass is 16.5. The van der Waals surface area contributed by atoms with Crippen LogP contribution in [-0.4, -0.2) is 15.8 Å². The number of rotatable bonds is 2. The van der Waals surface area contributed by atoms with Crippen LogP contribution in [0.15, 0.2) is 29.4 Å². The number of carbonyl (C=O) groups is 1. The summed E-state index contributed by atoms with van der Waals surface area (Å²) in [4.78, 5) is 15.6. The highest BCUT2D eigenvalue weighted by Crippen LogP contribution is 2.20. The standard InChI is InChI=1S/C11H16N2O2/c1-4-11(2,3)10(14)12-9-7-5-6-8-13(9)15/h5-8,15H,4H2,1-3H3. The van der Waals surface area contributed by atoms with Gasteiger partial charge in [-0.25, -0.2) is 0 Å². The fraction of sp³-hybridized carbons (Fsp3) is 0.455. The van der Waals surface area contributed by atoms with E-state index in [-0.39, 0.29) is 11.4 Å². The first-order chi connectivity index (χ1) is 6.97. The highest BCUT2D eigenvalue weighted by Gasteiger charge is 2.24. The fourth-order valence-electron chi connectivity index (χ4n) is 0.921. The van der Waals surface area contributed by atoms with Crippen molar-refractivity contribution in [3.63, 3.8) is 0 Å². The fourth-order valence-corrected chi connectivity index (χ4v) is 0.921. The first kappa shape index (κ1) is 11.5. The van der Waals surface area contributed by atoms with Crippen LogP contribution in [0.3, 0.4) is 0 Å². The van der Waals surface area contributed by atoms with E-state index in [1.165, 1.54) is 6.20 Å². The van der Waals surface area contributed by atoms with Gasteiger partial charge in [0.25, 0.3) is 5.91 Å². The van der Waals surface area contributed by atoms with Crippen molar-refractivity contribution in [3.8, 4) is 0 Å². The molecule has 0 aliphatic rings. The van der Waals surface area contributed by atoms with Crippen LogP contribution in [0.25, 0.3) is 0 Å². The van der Waals surface area contributed by atoms with Crippen molar-refractivity contribution in [3.05, 3.63) is 29.9 Å². The summed E-state index contributed by atoms with van der Waals surface area (Å²) in [5.74, 6) is -0.223. The molecule has 0 atom stereocenters. The Labute approximate surface area is 88.9 Å². The highest BCUT2D eigenvalue weighted by molar-refractivity contribution is 5.82. The lowest BCUT2D eigenvalue weighted by Gasteiger charge is -2.16. The molecule has 0 fully saturated rings. The SMILES string of the molecule is CCC(C)(C)C(=O)N=c1ccccn1O. The molecular weight excluding hydrogens is 192 g/mol. The van der Waals surface area contributed by atoms with Crippen LogP contribution in [0.4, 0.5) is 0 Å². The van der Waals surface area contributed by atoms with Gasteiger partial charge in [0, 0.05) is 11.6 Å². The molecule has 0 aliphatic carbocycles. The molecule has 0 unspecified atom stereocenters. The third-order valence-electron chi connectivity index (χ3n) is 2.50. The summed E-state index contributed by atoms with van der Waals surface area (Å²) < 4.78 is 0.837. The van der Waals surface area contributed by atoms with Crippen molar-refractivity contribution in [2.45, 2.75) is 27.2 Å². The van der Waals surface area contributed by atoms with Gasteiger partial charge in [0.2, 0.25) is 0 Å². The number of carbonyl (C=O) groups excluding carboxylic acids is 1. The van der Waals surface area contributed by atoms with Gasteiger partial charge in [-0.15, -0.1) is 0 Å². The van der Waals surface area contributed by atoms with E-state index >= 15 is 0 Å². The van der Waals surface area contributed by atoms with Gasteiger partial charge in [0.05, 0.1) is 0 Å². The minimum absolute atomic E-state index is 0.223. The van der Waals surface area contributed by atoms with Gasteiger partial charge >= 0.3 is 0 Å². The number of pyridine rings is 1. The third-order valence-corrected chi connectivity index (χ3v) is 2.50. The molecule has 1 N–H and O–H groups in total. The Morgan fingerprint density at radius 2 is 2.20 bits per heavy atom. The molecule has 0 radical (unpaired) electrons. The van der Waals surface area contributed by atoms with Gasteiger partial charge in [-0.05, 0) is 18.6 Å². The van der Waals surface area contributed by atoms with Gasteiger partial charge < -0.3 is 5.21 Å². The largest absolute Gasteiger partial charge is 0.427 e. The Morgan fingerprint density at radius 1 is 1.53 bits per heavy atom. The van der Waals surface area contributed by atoms with Crippen LogP contribution in [0, 0.1) is 5.41 Å². The quantitative estimate of drug-likeness (QED) is 0.750. The van der Waals surface area contributed by atoms with Gasteiger partial charge in [-0.2, -0.15) is 9.72 Å². The molecule has 15 heavy (non-hydrogen) atoms. The number of amides is 1. The van der Waals surface area contributed by atoms with Gasteiger partial charge in [0.1, 0.15) is 0 Å². The summed E-state index contributed by atoms with van der Waals surface area (Å²) in [6, 6.07) is 4.97. The molecule has 1 aromatic rings. The molecule has 1 rings (SSSR count). The smallest absolute Gasteiger partial charge is 0.253 e. The Hall–Kier alpha value is -1.58.